The van der Waals surface area contributed by atoms with Gasteiger partial charge in [-0.2, -0.15) is 0 Å². The van der Waals surface area contributed by atoms with Crippen molar-refractivity contribution in [1.29, 1.82) is 0 Å². The van der Waals surface area contributed by atoms with E-state index in [2.05, 4.69) is 25.7 Å². The lowest BCUT2D eigenvalue weighted by Gasteiger charge is -2.31. The van der Waals surface area contributed by atoms with Gasteiger partial charge in [0.25, 0.3) is 0 Å². The first-order valence-corrected chi connectivity index (χ1v) is 6.32. The number of hydrogen-bond donors (Lipinski definition) is 0. The number of methoxy groups -OCH3 is 2. The third-order valence-corrected chi connectivity index (χ3v) is 2.77. The normalized spacial score (nSPS) is 12.4. The third-order valence-electron chi connectivity index (χ3n) is 2.77. The Bertz CT molecular complexity index is 160. The van der Waals surface area contributed by atoms with Crippen LogP contribution in [0, 0.1) is 0 Å². The fourth-order valence-corrected chi connectivity index (χ4v) is 1.77. The number of hydrogen-bond acceptors (Lipinski definition) is 3. The Labute approximate surface area is 101 Å². The second-order valence-electron chi connectivity index (χ2n) is 4.94. The van der Waals surface area contributed by atoms with Crippen molar-refractivity contribution in [3.05, 3.63) is 0 Å². The van der Waals surface area contributed by atoms with E-state index in [4.69, 9.17) is 9.47 Å². The molecule has 0 aliphatic carbocycles. The van der Waals surface area contributed by atoms with Crippen molar-refractivity contribution in [1.82, 2.24) is 4.90 Å². The summed E-state index contributed by atoms with van der Waals surface area (Å²) in [7, 11) is 3.55. The maximum atomic E-state index is 5.48. The van der Waals surface area contributed by atoms with Gasteiger partial charge in [0.15, 0.2) is 0 Å². The van der Waals surface area contributed by atoms with Crippen LogP contribution in [-0.2, 0) is 9.47 Å². The van der Waals surface area contributed by atoms with Crippen molar-refractivity contribution < 1.29 is 9.47 Å². The summed E-state index contributed by atoms with van der Waals surface area (Å²) in [5.74, 6) is 0. The predicted octanol–water partition coefficient (Wildman–Crippen LogP) is 2.55. The Morgan fingerprint density at radius 2 is 1.75 bits per heavy atom. The SMILES string of the molecule is CCCN(CCCCOC)CC(C)(C)OC. The molecule has 0 saturated heterocycles. The monoisotopic (exact) mass is 231 g/mol. The molecule has 0 rings (SSSR count). The van der Waals surface area contributed by atoms with Gasteiger partial charge in [-0.05, 0) is 46.2 Å². The standard InChI is InChI=1S/C13H29NO2/c1-6-9-14(10-7-8-11-15-4)12-13(2,3)16-5/h6-12H2,1-5H3. The van der Waals surface area contributed by atoms with Crippen LogP contribution >= 0.6 is 0 Å². The average Bonchev–Trinajstić information content (AvgIpc) is 2.24. The second-order valence-corrected chi connectivity index (χ2v) is 4.94. The molecule has 0 amide bonds. The molecule has 0 atom stereocenters. The Hall–Kier alpha value is -0.120. The maximum absolute atomic E-state index is 5.48. The van der Waals surface area contributed by atoms with Gasteiger partial charge in [0.1, 0.15) is 0 Å². The molecule has 3 heteroatoms. The first-order chi connectivity index (χ1) is 7.55. The van der Waals surface area contributed by atoms with Crippen LogP contribution in [0.1, 0.15) is 40.0 Å². The van der Waals surface area contributed by atoms with Crippen LogP contribution in [0.4, 0.5) is 0 Å². The highest BCUT2D eigenvalue weighted by Crippen LogP contribution is 2.11. The van der Waals surface area contributed by atoms with Crippen LogP contribution in [0.15, 0.2) is 0 Å². The molecule has 0 saturated carbocycles. The molecule has 0 bridgehead atoms. The van der Waals surface area contributed by atoms with Gasteiger partial charge in [0.2, 0.25) is 0 Å². The molecule has 0 radical (unpaired) electrons. The van der Waals surface area contributed by atoms with Crippen molar-refractivity contribution >= 4 is 0 Å². The van der Waals surface area contributed by atoms with Crippen LogP contribution in [-0.4, -0.2) is 51.0 Å². The van der Waals surface area contributed by atoms with E-state index in [0.29, 0.717) is 0 Å². The molecule has 0 aliphatic heterocycles. The zero-order chi connectivity index (χ0) is 12.4. The van der Waals surface area contributed by atoms with Gasteiger partial charge in [-0.25, -0.2) is 0 Å². The molecule has 0 N–H and O–H groups in total. The summed E-state index contributed by atoms with van der Waals surface area (Å²) >= 11 is 0. The quantitative estimate of drug-likeness (QED) is 0.539. The van der Waals surface area contributed by atoms with Crippen molar-refractivity contribution in [2.45, 2.75) is 45.6 Å². The zero-order valence-corrected chi connectivity index (χ0v) is 11.7. The van der Waals surface area contributed by atoms with Gasteiger partial charge in [0.05, 0.1) is 5.60 Å². The van der Waals surface area contributed by atoms with Gasteiger partial charge in [0, 0.05) is 27.4 Å². The molecule has 16 heavy (non-hydrogen) atoms. The fraction of sp³-hybridized carbons (Fsp3) is 1.00. The smallest absolute Gasteiger partial charge is 0.0749 e. The Kier molecular flexibility index (Phi) is 8.90. The van der Waals surface area contributed by atoms with E-state index in [1.807, 2.05) is 0 Å². The summed E-state index contributed by atoms with van der Waals surface area (Å²) < 4.78 is 10.5. The fourth-order valence-electron chi connectivity index (χ4n) is 1.77. The molecule has 0 spiro atoms. The van der Waals surface area contributed by atoms with Crippen LogP contribution in [0.5, 0.6) is 0 Å². The summed E-state index contributed by atoms with van der Waals surface area (Å²) in [5.41, 5.74) is -0.0452. The van der Waals surface area contributed by atoms with E-state index >= 15 is 0 Å². The van der Waals surface area contributed by atoms with Gasteiger partial charge >= 0.3 is 0 Å². The van der Waals surface area contributed by atoms with Crippen LogP contribution in [0.2, 0.25) is 0 Å². The molecular formula is C13H29NO2. The molecule has 0 heterocycles. The highest BCUT2D eigenvalue weighted by atomic mass is 16.5. The lowest BCUT2D eigenvalue weighted by molar-refractivity contribution is -0.00810. The minimum Gasteiger partial charge on any atom is -0.385 e. The molecule has 0 unspecified atom stereocenters. The highest BCUT2D eigenvalue weighted by molar-refractivity contribution is 4.74. The lowest BCUT2D eigenvalue weighted by Crippen LogP contribution is -2.41. The van der Waals surface area contributed by atoms with Gasteiger partial charge in [-0.15, -0.1) is 0 Å². The van der Waals surface area contributed by atoms with Gasteiger partial charge < -0.3 is 14.4 Å². The second kappa shape index (κ2) is 8.97. The summed E-state index contributed by atoms with van der Waals surface area (Å²) in [5, 5.41) is 0. The third kappa shape index (κ3) is 8.08. The van der Waals surface area contributed by atoms with Crippen LogP contribution in [0.25, 0.3) is 0 Å². The van der Waals surface area contributed by atoms with Crippen molar-refractivity contribution in [2.24, 2.45) is 0 Å². The molecule has 98 valence electrons. The Morgan fingerprint density at radius 3 is 2.25 bits per heavy atom. The number of rotatable bonds is 10. The summed E-state index contributed by atoms with van der Waals surface area (Å²) in [4.78, 5) is 2.49. The number of nitrogens with zero attached hydrogens (tertiary/aromatic N) is 1. The molecule has 0 fully saturated rings. The first kappa shape index (κ1) is 15.9. The van der Waals surface area contributed by atoms with E-state index < -0.39 is 0 Å². The van der Waals surface area contributed by atoms with E-state index in [1.54, 1.807) is 14.2 Å². The van der Waals surface area contributed by atoms with Crippen molar-refractivity contribution in [2.75, 3.05) is 40.5 Å². The largest absolute Gasteiger partial charge is 0.385 e. The predicted molar refractivity (Wildman–Crippen MR) is 68.9 cm³/mol. The minimum absolute atomic E-state index is 0.0452. The minimum atomic E-state index is -0.0452. The summed E-state index contributed by atoms with van der Waals surface area (Å²) in [6, 6.07) is 0. The highest BCUT2D eigenvalue weighted by Gasteiger charge is 2.20. The molecule has 0 aromatic heterocycles. The lowest BCUT2D eigenvalue weighted by atomic mass is 10.1. The number of unbranched alkanes of at least 4 members (excludes halogenated alkanes) is 1. The van der Waals surface area contributed by atoms with Gasteiger partial charge in [-0.3, -0.25) is 0 Å². The van der Waals surface area contributed by atoms with E-state index in [-0.39, 0.29) is 5.60 Å². The van der Waals surface area contributed by atoms with E-state index in [1.165, 1.54) is 12.8 Å². The maximum Gasteiger partial charge on any atom is 0.0749 e. The molecule has 0 aromatic carbocycles. The zero-order valence-electron chi connectivity index (χ0n) is 11.7. The average molecular weight is 231 g/mol. The molecule has 0 aromatic rings. The summed E-state index contributed by atoms with van der Waals surface area (Å²) in [6.07, 6.45) is 3.54. The molecular weight excluding hydrogens is 202 g/mol. The van der Waals surface area contributed by atoms with Crippen molar-refractivity contribution in [3.63, 3.8) is 0 Å². The van der Waals surface area contributed by atoms with Crippen LogP contribution < -0.4 is 0 Å². The van der Waals surface area contributed by atoms with E-state index in [0.717, 1.165) is 32.7 Å². The Balaban J connectivity index is 3.87. The van der Waals surface area contributed by atoms with Crippen LogP contribution in [0.3, 0.4) is 0 Å². The van der Waals surface area contributed by atoms with E-state index in [9.17, 15) is 0 Å². The number of ether oxygens (including phenoxy) is 2. The first-order valence-electron chi connectivity index (χ1n) is 6.32. The Morgan fingerprint density at radius 1 is 1.06 bits per heavy atom. The molecule has 3 nitrogen and oxygen atoms in total. The van der Waals surface area contributed by atoms with Crippen molar-refractivity contribution in [3.8, 4) is 0 Å². The topological polar surface area (TPSA) is 21.7 Å². The summed E-state index contributed by atoms with van der Waals surface area (Å²) in [6.45, 7) is 10.7. The van der Waals surface area contributed by atoms with Gasteiger partial charge in [-0.1, -0.05) is 6.92 Å². The molecule has 0 aliphatic rings.